The number of urea groups is 1. The Morgan fingerprint density at radius 2 is 1.60 bits per heavy atom. The number of aliphatic hydroxyl groups is 1. The van der Waals surface area contributed by atoms with Crippen LogP contribution in [-0.4, -0.2) is 45.9 Å². The number of hydrogen-bond acceptors (Lipinski definition) is 7. The van der Waals surface area contributed by atoms with E-state index in [-0.39, 0.29) is 36.4 Å². The highest BCUT2D eigenvalue weighted by Crippen LogP contribution is 2.43. The van der Waals surface area contributed by atoms with Gasteiger partial charge in [0.2, 0.25) is 0 Å². The molecule has 12 heteroatoms. The van der Waals surface area contributed by atoms with Crippen molar-refractivity contribution in [1.29, 1.82) is 0 Å². The van der Waals surface area contributed by atoms with Gasteiger partial charge >= 0.3 is 12.0 Å². The van der Waals surface area contributed by atoms with Gasteiger partial charge in [-0.3, -0.25) is 0 Å². The Balaban J connectivity index is 1.17. The Morgan fingerprint density at radius 1 is 0.885 bits per heavy atom. The molecule has 0 bridgehead atoms. The maximum atomic E-state index is 12.9. The number of halogens is 2. The van der Waals surface area contributed by atoms with Gasteiger partial charge in [-0.2, -0.15) is 0 Å². The number of hydrogen-bond donors (Lipinski definition) is 3. The minimum atomic E-state index is -0.831. The van der Waals surface area contributed by atoms with Crippen molar-refractivity contribution in [2.24, 2.45) is 5.92 Å². The van der Waals surface area contributed by atoms with Crippen molar-refractivity contribution >= 4 is 35.2 Å². The third-order valence-corrected chi connectivity index (χ3v) is 9.95. The largest absolute Gasteiger partial charge is 0.467 e. The van der Waals surface area contributed by atoms with Crippen LogP contribution in [0.5, 0.6) is 0 Å². The Hall–Kier alpha value is -4.71. The van der Waals surface area contributed by atoms with Crippen molar-refractivity contribution in [3.63, 3.8) is 0 Å². The maximum absolute atomic E-state index is 12.9. The molecule has 1 aliphatic heterocycles. The first-order chi connectivity index (χ1) is 25.2. The lowest BCUT2D eigenvalue weighted by molar-refractivity contribution is -0.276. The van der Waals surface area contributed by atoms with Crippen LogP contribution in [0, 0.1) is 5.92 Å². The molecule has 2 heterocycles. The minimum absolute atomic E-state index is 0.0442. The molecular formula is C40H40Cl2N4O6. The second-order valence-corrected chi connectivity index (χ2v) is 13.4. The summed E-state index contributed by atoms with van der Waals surface area (Å²) in [7, 11) is 1.30. The van der Waals surface area contributed by atoms with Crippen molar-refractivity contribution < 1.29 is 28.9 Å². The minimum Gasteiger partial charge on any atom is -0.467 e. The molecule has 0 radical (unpaired) electrons. The fraction of sp³-hybridized carbons (Fsp3) is 0.275. The number of methoxy groups -OCH3 is 1. The van der Waals surface area contributed by atoms with Gasteiger partial charge in [0.15, 0.2) is 11.4 Å². The van der Waals surface area contributed by atoms with Crippen LogP contribution in [0.2, 0.25) is 10.3 Å². The SMILES string of the molecule is COC(=O)[C@H](Cc1ccccc1)NC(=O)NCc1cccc(-c2cccc([C@@H]3O[C@H](Cn4cnc(Cl)c4Cl)[C@H](C)[C@H](c4ccc(CO)cc4)O3)c2)c1. The van der Waals surface area contributed by atoms with E-state index in [0.29, 0.717) is 18.1 Å². The number of benzene rings is 4. The van der Waals surface area contributed by atoms with E-state index >= 15 is 0 Å². The van der Waals surface area contributed by atoms with Crippen LogP contribution in [0.3, 0.4) is 0 Å². The average Bonchev–Trinajstić information content (AvgIpc) is 3.50. The summed E-state index contributed by atoms with van der Waals surface area (Å²) in [4.78, 5) is 29.4. The molecule has 0 aliphatic carbocycles. The summed E-state index contributed by atoms with van der Waals surface area (Å²) in [5.74, 6) is -0.590. The number of carbonyl (C=O) groups is 2. The van der Waals surface area contributed by atoms with Crippen LogP contribution in [0.15, 0.2) is 109 Å². The summed E-state index contributed by atoms with van der Waals surface area (Å²) in [5, 5.41) is 15.8. The molecule has 52 heavy (non-hydrogen) atoms. The summed E-state index contributed by atoms with van der Waals surface area (Å²) in [5.41, 5.74) is 6.27. The van der Waals surface area contributed by atoms with Crippen molar-refractivity contribution in [1.82, 2.24) is 20.2 Å². The molecule has 0 spiro atoms. The van der Waals surface area contributed by atoms with E-state index in [9.17, 15) is 14.7 Å². The number of aromatic nitrogens is 2. The summed E-state index contributed by atoms with van der Waals surface area (Å²) < 4.78 is 20.0. The molecule has 5 atom stereocenters. The number of rotatable bonds is 12. The van der Waals surface area contributed by atoms with Crippen molar-refractivity contribution in [3.8, 4) is 11.1 Å². The van der Waals surface area contributed by atoms with Gasteiger partial charge in [0.05, 0.1) is 38.8 Å². The molecule has 1 fully saturated rings. The molecule has 0 saturated carbocycles. The molecule has 3 N–H and O–H groups in total. The lowest BCUT2D eigenvalue weighted by Gasteiger charge is -2.41. The zero-order chi connectivity index (χ0) is 36.6. The lowest BCUT2D eigenvalue weighted by atomic mass is 9.90. The van der Waals surface area contributed by atoms with Gasteiger partial charge in [-0.05, 0) is 45.5 Å². The second kappa shape index (κ2) is 17.2. The normalized spacial score (nSPS) is 19.1. The number of nitrogens with one attached hydrogen (secondary N) is 2. The van der Waals surface area contributed by atoms with Crippen LogP contribution in [0.1, 0.15) is 47.1 Å². The topological polar surface area (TPSA) is 124 Å². The van der Waals surface area contributed by atoms with E-state index in [4.69, 9.17) is 37.4 Å². The van der Waals surface area contributed by atoms with E-state index in [0.717, 1.165) is 38.9 Å². The second-order valence-electron chi connectivity index (χ2n) is 12.7. The van der Waals surface area contributed by atoms with Gasteiger partial charge in [-0.25, -0.2) is 14.6 Å². The Kier molecular flexibility index (Phi) is 12.3. The van der Waals surface area contributed by atoms with Crippen LogP contribution in [0.25, 0.3) is 11.1 Å². The standard InChI is InChI=1S/C40H40Cl2N4O6/c1-25-34(22-46-24-44-36(41)37(46)42)51-39(52-35(25)29-16-14-27(23-47)15-17-29)32-13-7-12-31(20-32)30-11-6-10-28(18-30)21-43-40(49)45-33(38(48)50-2)19-26-8-4-3-5-9-26/h3-18,20,24-25,33-35,39,47H,19,21-23H2,1-2H3,(H2,43,45,49)/t25-,33-,34+,35+,39+/m0/s1. The number of amides is 2. The van der Waals surface area contributed by atoms with Crippen LogP contribution in [-0.2, 0) is 45.1 Å². The van der Waals surface area contributed by atoms with E-state index in [1.165, 1.54) is 7.11 Å². The van der Waals surface area contributed by atoms with E-state index in [2.05, 4.69) is 22.5 Å². The lowest BCUT2D eigenvalue weighted by Crippen LogP contribution is -2.47. The summed E-state index contributed by atoms with van der Waals surface area (Å²) in [6, 6.07) is 31.7. The number of aliphatic hydroxyl groups excluding tert-OH is 1. The predicted molar refractivity (Wildman–Crippen MR) is 198 cm³/mol. The third-order valence-electron chi connectivity index (χ3n) is 9.18. The van der Waals surface area contributed by atoms with E-state index in [1.807, 2.05) is 103 Å². The highest BCUT2D eigenvalue weighted by Gasteiger charge is 2.39. The highest BCUT2D eigenvalue weighted by molar-refractivity contribution is 6.40. The van der Waals surface area contributed by atoms with Crippen molar-refractivity contribution in [2.45, 2.75) is 57.6 Å². The first-order valence-electron chi connectivity index (χ1n) is 16.9. The summed E-state index contributed by atoms with van der Waals surface area (Å²) in [6.45, 7) is 2.69. The Labute approximate surface area is 312 Å². The molecule has 4 aromatic carbocycles. The van der Waals surface area contributed by atoms with Gasteiger partial charge in [0.25, 0.3) is 0 Å². The third kappa shape index (κ3) is 9.01. The quantitative estimate of drug-likeness (QED) is 0.114. The average molecular weight is 744 g/mol. The zero-order valence-electron chi connectivity index (χ0n) is 28.7. The molecule has 5 aromatic rings. The van der Waals surface area contributed by atoms with Crippen LogP contribution >= 0.6 is 23.2 Å². The highest BCUT2D eigenvalue weighted by atomic mass is 35.5. The first-order valence-corrected chi connectivity index (χ1v) is 17.7. The van der Waals surface area contributed by atoms with E-state index in [1.54, 1.807) is 10.9 Å². The Bertz CT molecular complexity index is 1970. The molecule has 1 saturated heterocycles. The molecule has 2 amide bonds. The fourth-order valence-electron chi connectivity index (χ4n) is 6.29. The van der Waals surface area contributed by atoms with Gasteiger partial charge in [0, 0.05) is 24.4 Å². The molecule has 1 aromatic heterocycles. The van der Waals surface area contributed by atoms with Gasteiger partial charge in [0.1, 0.15) is 11.2 Å². The van der Waals surface area contributed by atoms with Gasteiger partial charge < -0.3 is 34.5 Å². The summed E-state index contributed by atoms with van der Waals surface area (Å²) >= 11 is 12.6. The number of imidazole rings is 1. The van der Waals surface area contributed by atoms with Crippen LogP contribution in [0.4, 0.5) is 4.79 Å². The Morgan fingerprint density at radius 3 is 2.29 bits per heavy atom. The number of ether oxygens (including phenoxy) is 3. The maximum Gasteiger partial charge on any atom is 0.328 e. The zero-order valence-corrected chi connectivity index (χ0v) is 30.3. The summed E-state index contributed by atoms with van der Waals surface area (Å²) in [6.07, 6.45) is 0.589. The molecule has 1 aliphatic rings. The predicted octanol–water partition coefficient (Wildman–Crippen LogP) is 7.42. The smallest absolute Gasteiger partial charge is 0.328 e. The first kappa shape index (κ1) is 37.1. The number of nitrogens with zero attached hydrogens (tertiary/aromatic N) is 2. The molecular weight excluding hydrogens is 703 g/mol. The fourth-order valence-corrected chi connectivity index (χ4v) is 6.61. The number of esters is 1. The van der Waals surface area contributed by atoms with Crippen molar-refractivity contribution in [2.75, 3.05) is 7.11 Å². The molecule has 10 nitrogen and oxygen atoms in total. The molecule has 6 rings (SSSR count). The monoisotopic (exact) mass is 742 g/mol. The van der Waals surface area contributed by atoms with Gasteiger partial charge in [-0.15, -0.1) is 0 Å². The van der Waals surface area contributed by atoms with E-state index < -0.39 is 24.3 Å². The molecule has 0 unspecified atom stereocenters. The molecule has 270 valence electrons. The van der Waals surface area contributed by atoms with Gasteiger partial charge in [-0.1, -0.05) is 121 Å². The van der Waals surface area contributed by atoms with Crippen molar-refractivity contribution in [3.05, 3.63) is 148 Å². The van der Waals surface area contributed by atoms with Crippen LogP contribution < -0.4 is 10.6 Å². The number of carbonyl (C=O) groups excluding carboxylic acids is 2.